The Balaban J connectivity index is 1.53. The van der Waals surface area contributed by atoms with Crippen molar-refractivity contribution in [2.45, 2.75) is 6.04 Å². The van der Waals surface area contributed by atoms with E-state index in [1.54, 1.807) is 0 Å². The molecule has 2 aromatic carbocycles. The van der Waals surface area contributed by atoms with Gasteiger partial charge in [-0.3, -0.25) is 4.90 Å². The standard InChI is InChI=1S/C20H23NO4/c1-2-5-16(6-3-1)17(21-9-11-22-12-10-21)15-25-19-8-4-7-18-20(19)24-14-13-23-18/h1-8,17H,9-15H2. The molecule has 0 amide bonds. The normalized spacial score (nSPS) is 18.6. The summed E-state index contributed by atoms with van der Waals surface area (Å²) in [6.45, 7) is 5.05. The Morgan fingerprint density at radius 2 is 1.68 bits per heavy atom. The van der Waals surface area contributed by atoms with Crippen LogP contribution in [0.1, 0.15) is 11.6 Å². The van der Waals surface area contributed by atoms with Crippen molar-refractivity contribution >= 4 is 0 Å². The Morgan fingerprint density at radius 1 is 0.880 bits per heavy atom. The quantitative estimate of drug-likeness (QED) is 0.836. The Bertz CT molecular complexity index is 685. The van der Waals surface area contributed by atoms with E-state index in [9.17, 15) is 0 Å². The van der Waals surface area contributed by atoms with Crippen molar-refractivity contribution in [1.82, 2.24) is 4.90 Å². The summed E-state index contributed by atoms with van der Waals surface area (Å²) in [4.78, 5) is 2.42. The fourth-order valence-electron chi connectivity index (χ4n) is 3.31. The van der Waals surface area contributed by atoms with Crippen LogP contribution in [0.15, 0.2) is 48.5 Å². The minimum absolute atomic E-state index is 0.186. The summed E-state index contributed by atoms with van der Waals surface area (Å²) < 4.78 is 23.1. The first-order valence-corrected chi connectivity index (χ1v) is 8.80. The predicted octanol–water partition coefficient (Wildman–Crippen LogP) is 2.91. The number of benzene rings is 2. The largest absolute Gasteiger partial charge is 0.488 e. The first-order valence-electron chi connectivity index (χ1n) is 8.80. The maximum Gasteiger partial charge on any atom is 0.203 e. The highest BCUT2D eigenvalue weighted by Gasteiger charge is 2.24. The van der Waals surface area contributed by atoms with Gasteiger partial charge in [0.25, 0.3) is 0 Å². The monoisotopic (exact) mass is 341 g/mol. The molecule has 132 valence electrons. The molecule has 5 nitrogen and oxygen atoms in total. The molecule has 2 heterocycles. The van der Waals surface area contributed by atoms with Gasteiger partial charge in [-0.15, -0.1) is 0 Å². The minimum Gasteiger partial charge on any atom is -0.488 e. The SMILES string of the molecule is c1ccc(C(COc2cccc3c2OCCO3)N2CCOCC2)cc1. The molecule has 0 radical (unpaired) electrons. The zero-order valence-electron chi connectivity index (χ0n) is 14.2. The van der Waals surface area contributed by atoms with Crippen LogP contribution in [0.25, 0.3) is 0 Å². The molecule has 5 heteroatoms. The van der Waals surface area contributed by atoms with E-state index in [-0.39, 0.29) is 6.04 Å². The number of para-hydroxylation sites is 1. The number of nitrogens with zero attached hydrogens (tertiary/aromatic N) is 1. The number of hydrogen-bond acceptors (Lipinski definition) is 5. The Hall–Kier alpha value is -2.24. The lowest BCUT2D eigenvalue weighted by atomic mass is 10.1. The molecular weight excluding hydrogens is 318 g/mol. The summed E-state index contributed by atoms with van der Waals surface area (Å²) in [6.07, 6.45) is 0. The van der Waals surface area contributed by atoms with Gasteiger partial charge in [-0.2, -0.15) is 0 Å². The number of hydrogen-bond donors (Lipinski definition) is 0. The van der Waals surface area contributed by atoms with E-state index in [2.05, 4.69) is 29.2 Å². The highest BCUT2D eigenvalue weighted by molar-refractivity contribution is 5.51. The van der Waals surface area contributed by atoms with Gasteiger partial charge < -0.3 is 18.9 Å². The molecule has 2 aliphatic rings. The molecule has 1 unspecified atom stereocenters. The molecule has 1 atom stereocenters. The molecule has 25 heavy (non-hydrogen) atoms. The Kier molecular flexibility index (Phi) is 5.04. The Morgan fingerprint density at radius 3 is 2.52 bits per heavy atom. The minimum atomic E-state index is 0.186. The number of ether oxygens (including phenoxy) is 4. The van der Waals surface area contributed by atoms with E-state index in [1.165, 1.54) is 5.56 Å². The van der Waals surface area contributed by atoms with Gasteiger partial charge in [0.1, 0.15) is 19.8 Å². The van der Waals surface area contributed by atoms with Crippen LogP contribution in [0.2, 0.25) is 0 Å². The molecule has 0 bridgehead atoms. The third-order valence-electron chi connectivity index (χ3n) is 4.60. The van der Waals surface area contributed by atoms with Gasteiger partial charge in [0, 0.05) is 13.1 Å². The van der Waals surface area contributed by atoms with Crippen LogP contribution < -0.4 is 14.2 Å². The maximum absolute atomic E-state index is 6.19. The summed E-state index contributed by atoms with van der Waals surface area (Å²) in [5.41, 5.74) is 1.26. The summed E-state index contributed by atoms with van der Waals surface area (Å²) in [7, 11) is 0. The second-order valence-electron chi connectivity index (χ2n) is 6.17. The molecule has 0 aliphatic carbocycles. The molecule has 0 N–H and O–H groups in total. The molecule has 2 aliphatic heterocycles. The molecular formula is C20H23NO4. The number of morpholine rings is 1. The highest BCUT2D eigenvalue weighted by Crippen LogP contribution is 2.39. The van der Waals surface area contributed by atoms with Gasteiger partial charge in [0.15, 0.2) is 11.5 Å². The predicted molar refractivity (Wildman–Crippen MR) is 94.5 cm³/mol. The van der Waals surface area contributed by atoms with E-state index >= 15 is 0 Å². The van der Waals surface area contributed by atoms with Crippen molar-refractivity contribution in [1.29, 1.82) is 0 Å². The van der Waals surface area contributed by atoms with E-state index in [1.807, 2.05) is 24.3 Å². The van der Waals surface area contributed by atoms with E-state index in [4.69, 9.17) is 18.9 Å². The third-order valence-corrected chi connectivity index (χ3v) is 4.60. The van der Waals surface area contributed by atoms with E-state index in [0.717, 1.165) is 37.8 Å². The van der Waals surface area contributed by atoms with Crippen molar-refractivity contribution in [3.8, 4) is 17.2 Å². The van der Waals surface area contributed by atoms with Crippen LogP contribution in [0.5, 0.6) is 17.2 Å². The van der Waals surface area contributed by atoms with Crippen LogP contribution in [0.3, 0.4) is 0 Å². The van der Waals surface area contributed by atoms with E-state index in [0.29, 0.717) is 25.6 Å². The highest BCUT2D eigenvalue weighted by atomic mass is 16.6. The zero-order valence-corrected chi connectivity index (χ0v) is 14.2. The number of rotatable bonds is 5. The lowest BCUT2D eigenvalue weighted by molar-refractivity contribution is 0.00492. The molecule has 0 spiro atoms. The van der Waals surface area contributed by atoms with Crippen molar-refractivity contribution in [3.63, 3.8) is 0 Å². The van der Waals surface area contributed by atoms with E-state index < -0.39 is 0 Å². The van der Waals surface area contributed by atoms with Crippen LogP contribution >= 0.6 is 0 Å². The van der Waals surface area contributed by atoms with Crippen molar-refractivity contribution in [2.24, 2.45) is 0 Å². The smallest absolute Gasteiger partial charge is 0.203 e. The third kappa shape index (κ3) is 3.72. The maximum atomic E-state index is 6.19. The van der Waals surface area contributed by atoms with Crippen LogP contribution in [-0.2, 0) is 4.74 Å². The van der Waals surface area contributed by atoms with Crippen LogP contribution in [-0.4, -0.2) is 51.0 Å². The lowest BCUT2D eigenvalue weighted by Crippen LogP contribution is -2.41. The molecule has 2 aromatic rings. The van der Waals surface area contributed by atoms with Gasteiger partial charge in [0.2, 0.25) is 5.75 Å². The van der Waals surface area contributed by atoms with Crippen LogP contribution in [0.4, 0.5) is 0 Å². The van der Waals surface area contributed by atoms with Gasteiger partial charge in [-0.1, -0.05) is 36.4 Å². The summed E-state index contributed by atoms with van der Waals surface area (Å²) >= 11 is 0. The summed E-state index contributed by atoms with van der Waals surface area (Å²) in [6, 6.07) is 16.5. The average molecular weight is 341 g/mol. The number of fused-ring (bicyclic) bond motifs is 1. The topological polar surface area (TPSA) is 40.2 Å². The molecule has 1 fully saturated rings. The second-order valence-corrected chi connectivity index (χ2v) is 6.17. The summed E-state index contributed by atoms with van der Waals surface area (Å²) in [5.74, 6) is 2.21. The lowest BCUT2D eigenvalue weighted by Gasteiger charge is -2.34. The first-order chi connectivity index (χ1) is 12.4. The zero-order chi connectivity index (χ0) is 16.9. The fraction of sp³-hybridized carbons (Fsp3) is 0.400. The molecule has 4 rings (SSSR count). The molecule has 0 aromatic heterocycles. The first kappa shape index (κ1) is 16.2. The Labute approximate surface area is 148 Å². The summed E-state index contributed by atoms with van der Waals surface area (Å²) in [5, 5.41) is 0. The van der Waals surface area contributed by atoms with Crippen LogP contribution in [0, 0.1) is 0 Å². The average Bonchev–Trinajstić information content (AvgIpc) is 2.70. The van der Waals surface area contributed by atoms with Gasteiger partial charge >= 0.3 is 0 Å². The van der Waals surface area contributed by atoms with Gasteiger partial charge in [0.05, 0.1) is 19.3 Å². The molecule has 0 saturated carbocycles. The van der Waals surface area contributed by atoms with Crippen molar-refractivity contribution in [3.05, 3.63) is 54.1 Å². The van der Waals surface area contributed by atoms with Crippen molar-refractivity contribution < 1.29 is 18.9 Å². The van der Waals surface area contributed by atoms with Gasteiger partial charge in [-0.25, -0.2) is 0 Å². The molecule has 1 saturated heterocycles. The van der Waals surface area contributed by atoms with Gasteiger partial charge in [-0.05, 0) is 17.7 Å². The fourth-order valence-corrected chi connectivity index (χ4v) is 3.31. The second kappa shape index (κ2) is 7.76. The van der Waals surface area contributed by atoms with Crippen molar-refractivity contribution in [2.75, 3.05) is 46.1 Å².